The van der Waals surface area contributed by atoms with Crippen molar-refractivity contribution in [1.82, 2.24) is 10.2 Å². The number of amides is 2. The van der Waals surface area contributed by atoms with Crippen LogP contribution in [0.1, 0.15) is 38.5 Å². The zero-order valence-corrected chi connectivity index (χ0v) is 14.8. The zero-order chi connectivity index (χ0) is 17.6. The molecule has 2 N–H and O–H groups in total. The summed E-state index contributed by atoms with van der Waals surface area (Å²) in [5.74, 6) is 0.747. The molecule has 1 aromatic rings. The van der Waals surface area contributed by atoms with Gasteiger partial charge >= 0.3 is 0 Å². The summed E-state index contributed by atoms with van der Waals surface area (Å²) in [6, 6.07) is 7.36. The van der Waals surface area contributed by atoms with E-state index >= 15 is 0 Å². The molecule has 1 saturated heterocycles. The van der Waals surface area contributed by atoms with Crippen LogP contribution < -0.4 is 15.4 Å². The lowest BCUT2D eigenvalue weighted by Gasteiger charge is -2.24. The van der Waals surface area contributed by atoms with Crippen molar-refractivity contribution in [2.45, 2.75) is 50.6 Å². The first-order chi connectivity index (χ1) is 12.2. The molecule has 1 saturated carbocycles. The van der Waals surface area contributed by atoms with Gasteiger partial charge in [-0.05, 0) is 56.5 Å². The highest BCUT2D eigenvalue weighted by molar-refractivity contribution is 5.95. The summed E-state index contributed by atoms with van der Waals surface area (Å²) in [6.07, 6.45) is 6.28. The number of likely N-dealkylation sites (tertiary alicyclic amines) is 1. The van der Waals surface area contributed by atoms with Crippen LogP contribution in [-0.4, -0.2) is 49.0 Å². The quantitative estimate of drug-likeness (QED) is 0.829. The van der Waals surface area contributed by atoms with Crippen molar-refractivity contribution in [3.8, 4) is 5.75 Å². The lowest BCUT2D eigenvalue weighted by atomic mass is 10.2. The highest BCUT2D eigenvalue weighted by atomic mass is 16.5. The van der Waals surface area contributed by atoms with Gasteiger partial charge in [0.15, 0.2) is 0 Å². The molecule has 6 heteroatoms. The van der Waals surface area contributed by atoms with Crippen molar-refractivity contribution >= 4 is 17.5 Å². The largest absolute Gasteiger partial charge is 0.497 e. The third-order valence-electron chi connectivity index (χ3n) is 5.09. The fourth-order valence-corrected chi connectivity index (χ4v) is 3.74. The molecule has 0 bridgehead atoms. The molecule has 0 aromatic heterocycles. The number of hydrogen-bond donors (Lipinski definition) is 2. The Kier molecular flexibility index (Phi) is 5.91. The van der Waals surface area contributed by atoms with Gasteiger partial charge in [-0.1, -0.05) is 12.8 Å². The van der Waals surface area contributed by atoms with Gasteiger partial charge in [-0.25, -0.2) is 0 Å². The van der Waals surface area contributed by atoms with E-state index in [0.29, 0.717) is 12.6 Å². The van der Waals surface area contributed by atoms with Crippen LogP contribution in [-0.2, 0) is 9.59 Å². The van der Waals surface area contributed by atoms with Gasteiger partial charge in [0, 0.05) is 11.7 Å². The molecule has 1 aliphatic carbocycles. The third-order valence-corrected chi connectivity index (χ3v) is 5.09. The van der Waals surface area contributed by atoms with Crippen molar-refractivity contribution in [1.29, 1.82) is 0 Å². The molecule has 3 rings (SSSR count). The Balaban J connectivity index is 1.52. The molecule has 0 spiro atoms. The summed E-state index contributed by atoms with van der Waals surface area (Å²) in [4.78, 5) is 26.8. The predicted molar refractivity (Wildman–Crippen MR) is 96.6 cm³/mol. The maximum Gasteiger partial charge on any atom is 0.241 e. The van der Waals surface area contributed by atoms with Crippen LogP contribution >= 0.6 is 0 Å². The summed E-state index contributed by atoms with van der Waals surface area (Å²) in [7, 11) is 1.61. The van der Waals surface area contributed by atoms with Crippen molar-refractivity contribution in [3.05, 3.63) is 24.3 Å². The number of hydrogen-bond acceptors (Lipinski definition) is 4. The van der Waals surface area contributed by atoms with Gasteiger partial charge in [-0.3, -0.25) is 14.5 Å². The number of nitrogens with zero attached hydrogens (tertiary/aromatic N) is 1. The molecule has 1 aliphatic heterocycles. The standard InChI is InChI=1S/C19H27N3O3/c1-25-16-10-8-15(9-11-16)21-19(24)17-7-4-12-22(17)13-18(23)20-14-5-2-3-6-14/h8-11,14,17H,2-7,12-13H2,1H3,(H,20,23)(H,21,24). The van der Waals surface area contributed by atoms with E-state index in [4.69, 9.17) is 4.74 Å². The Labute approximate surface area is 148 Å². The van der Waals surface area contributed by atoms with Gasteiger partial charge in [0.1, 0.15) is 5.75 Å². The average molecular weight is 345 g/mol. The van der Waals surface area contributed by atoms with Crippen LogP contribution in [0.4, 0.5) is 5.69 Å². The van der Waals surface area contributed by atoms with Crippen molar-refractivity contribution < 1.29 is 14.3 Å². The molecular weight excluding hydrogens is 318 g/mol. The zero-order valence-electron chi connectivity index (χ0n) is 14.8. The maximum atomic E-state index is 12.6. The van der Waals surface area contributed by atoms with E-state index in [1.54, 1.807) is 7.11 Å². The van der Waals surface area contributed by atoms with E-state index in [0.717, 1.165) is 43.7 Å². The van der Waals surface area contributed by atoms with E-state index in [2.05, 4.69) is 10.6 Å². The molecule has 25 heavy (non-hydrogen) atoms. The monoisotopic (exact) mass is 345 g/mol. The normalized spacial score (nSPS) is 21.2. The Morgan fingerprint density at radius 2 is 1.84 bits per heavy atom. The second kappa shape index (κ2) is 8.34. The van der Waals surface area contributed by atoms with Crippen LogP contribution in [0.15, 0.2) is 24.3 Å². The molecule has 2 aliphatic rings. The van der Waals surface area contributed by atoms with Gasteiger partial charge in [-0.2, -0.15) is 0 Å². The number of carbonyl (C=O) groups excluding carboxylic acids is 2. The minimum atomic E-state index is -0.239. The van der Waals surface area contributed by atoms with Crippen molar-refractivity contribution in [2.75, 3.05) is 25.5 Å². The minimum Gasteiger partial charge on any atom is -0.497 e. The van der Waals surface area contributed by atoms with Crippen molar-refractivity contribution in [3.63, 3.8) is 0 Å². The van der Waals surface area contributed by atoms with Crippen molar-refractivity contribution in [2.24, 2.45) is 0 Å². The average Bonchev–Trinajstić information content (AvgIpc) is 3.27. The van der Waals surface area contributed by atoms with E-state index in [9.17, 15) is 9.59 Å². The topological polar surface area (TPSA) is 70.7 Å². The van der Waals surface area contributed by atoms with Crippen LogP contribution in [0.3, 0.4) is 0 Å². The van der Waals surface area contributed by atoms with Crippen LogP contribution in [0, 0.1) is 0 Å². The number of nitrogens with one attached hydrogen (secondary N) is 2. The number of benzene rings is 1. The first-order valence-electron chi connectivity index (χ1n) is 9.14. The maximum absolute atomic E-state index is 12.6. The minimum absolute atomic E-state index is 0.0380. The summed E-state index contributed by atoms with van der Waals surface area (Å²) in [5.41, 5.74) is 0.744. The molecule has 136 valence electrons. The van der Waals surface area contributed by atoms with E-state index < -0.39 is 0 Å². The summed E-state index contributed by atoms with van der Waals surface area (Å²) < 4.78 is 5.12. The molecule has 1 aromatic carbocycles. The number of anilines is 1. The first kappa shape index (κ1) is 17.7. The lowest BCUT2D eigenvalue weighted by molar-refractivity contribution is -0.125. The van der Waals surface area contributed by atoms with Gasteiger partial charge in [0.25, 0.3) is 0 Å². The predicted octanol–water partition coefficient (Wildman–Crippen LogP) is 2.16. The molecule has 2 amide bonds. The molecule has 1 heterocycles. The smallest absolute Gasteiger partial charge is 0.241 e. The highest BCUT2D eigenvalue weighted by Gasteiger charge is 2.32. The van der Waals surface area contributed by atoms with Crippen LogP contribution in [0.2, 0.25) is 0 Å². The van der Waals surface area contributed by atoms with Gasteiger partial charge in [-0.15, -0.1) is 0 Å². The molecule has 6 nitrogen and oxygen atoms in total. The lowest BCUT2D eigenvalue weighted by Crippen LogP contribution is -2.46. The Morgan fingerprint density at radius 3 is 2.52 bits per heavy atom. The third kappa shape index (κ3) is 4.72. The highest BCUT2D eigenvalue weighted by Crippen LogP contribution is 2.21. The number of carbonyl (C=O) groups is 2. The molecule has 0 radical (unpaired) electrons. The first-order valence-corrected chi connectivity index (χ1v) is 9.14. The second-order valence-electron chi connectivity index (χ2n) is 6.90. The molecule has 1 atom stereocenters. The fraction of sp³-hybridized carbons (Fsp3) is 0.579. The Bertz CT molecular complexity index is 596. The molecular formula is C19H27N3O3. The number of rotatable bonds is 6. The molecule has 2 fully saturated rings. The summed E-state index contributed by atoms with van der Waals surface area (Å²) in [5, 5.41) is 6.05. The Morgan fingerprint density at radius 1 is 1.12 bits per heavy atom. The SMILES string of the molecule is COc1ccc(NC(=O)C2CCCN2CC(=O)NC2CCCC2)cc1. The van der Waals surface area contributed by atoms with Gasteiger partial charge < -0.3 is 15.4 Å². The number of ether oxygens (including phenoxy) is 1. The molecule has 1 unspecified atom stereocenters. The van der Waals surface area contributed by atoms with Crippen LogP contribution in [0.5, 0.6) is 5.75 Å². The van der Waals surface area contributed by atoms with E-state index in [1.807, 2.05) is 29.2 Å². The van der Waals surface area contributed by atoms with E-state index in [1.165, 1.54) is 12.8 Å². The van der Waals surface area contributed by atoms with Gasteiger partial charge in [0.2, 0.25) is 11.8 Å². The number of methoxy groups -OCH3 is 1. The van der Waals surface area contributed by atoms with E-state index in [-0.39, 0.29) is 17.9 Å². The summed E-state index contributed by atoms with van der Waals surface area (Å²) >= 11 is 0. The van der Waals surface area contributed by atoms with Crippen LogP contribution in [0.25, 0.3) is 0 Å². The summed E-state index contributed by atoms with van der Waals surface area (Å²) in [6.45, 7) is 1.09. The second-order valence-corrected chi connectivity index (χ2v) is 6.90. The Hall–Kier alpha value is -2.08. The fourth-order valence-electron chi connectivity index (χ4n) is 3.74. The van der Waals surface area contributed by atoms with Gasteiger partial charge in [0.05, 0.1) is 19.7 Å².